The van der Waals surface area contributed by atoms with Gasteiger partial charge in [-0.1, -0.05) is 0 Å². The molecule has 1 unspecified atom stereocenters. The summed E-state index contributed by atoms with van der Waals surface area (Å²) in [5.74, 6) is 0. The van der Waals surface area contributed by atoms with Gasteiger partial charge in [0.1, 0.15) is 5.60 Å². The smallest absolute Gasteiger partial charge is 0.106 e. The Morgan fingerprint density at radius 1 is 1.58 bits per heavy atom. The van der Waals surface area contributed by atoms with Gasteiger partial charge < -0.3 is 10.8 Å². The van der Waals surface area contributed by atoms with E-state index in [0.717, 1.165) is 0 Å². The molecule has 1 aromatic rings. The first kappa shape index (κ1) is 9.09. The molecule has 0 amide bonds. The van der Waals surface area contributed by atoms with Crippen molar-refractivity contribution in [1.82, 2.24) is 9.97 Å². The summed E-state index contributed by atoms with van der Waals surface area (Å²) in [6, 6.07) is 0. The van der Waals surface area contributed by atoms with Crippen LogP contribution in [0.1, 0.15) is 19.0 Å². The fourth-order valence-electron chi connectivity index (χ4n) is 0.986. The molecule has 0 bridgehead atoms. The molecule has 0 radical (unpaired) electrons. The van der Waals surface area contributed by atoms with Gasteiger partial charge in [-0.2, -0.15) is 0 Å². The second-order valence-corrected chi connectivity index (χ2v) is 2.90. The van der Waals surface area contributed by atoms with E-state index in [1.807, 2.05) is 0 Å². The third-order valence-electron chi connectivity index (χ3n) is 1.75. The van der Waals surface area contributed by atoms with Gasteiger partial charge in [-0.05, 0) is 19.9 Å². The Bertz CT molecular complexity index is 235. The van der Waals surface area contributed by atoms with Crippen molar-refractivity contribution in [3.05, 3.63) is 24.3 Å². The Morgan fingerprint density at radius 3 is 2.83 bits per heavy atom. The Kier molecular flexibility index (Phi) is 2.73. The molecule has 3 N–H and O–H groups in total. The van der Waals surface area contributed by atoms with E-state index in [4.69, 9.17) is 5.73 Å². The predicted molar refractivity (Wildman–Crippen MR) is 45.3 cm³/mol. The maximum atomic E-state index is 9.80. The molecule has 0 saturated heterocycles. The lowest BCUT2D eigenvalue weighted by Gasteiger charge is -2.20. The fraction of sp³-hybridized carbons (Fsp3) is 0.500. The molecule has 4 nitrogen and oxygen atoms in total. The second-order valence-electron chi connectivity index (χ2n) is 2.90. The summed E-state index contributed by atoms with van der Waals surface area (Å²) in [6.45, 7) is 2.12. The normalized spacial score (nSPS) is 15.6. The number of hydrogen-bond donors (Lipinski definition) is 2. The number of aliphatic hydroxyl groups is 1. The third kappa shape index (κ3) is 1.99. The molecule has 66 valence electrons. The lowest BCUT2D eigenvalue weighted by Crippen LogP contribution is -2.26. The van der Waals surface area contributed by atoms with E-state index >= 15 is 0 Å². The number of hydrogen-bond acceptors (Lipinski definition) is 4. The zero-order valence-corrected chi connectivity index (χ0v) is 7.07. The molecule has 0 fully saturated rings. The van der Waals surface area contributed by atoms with Gasteiger partial charge in [0, 0.05) is 12.4 Å². The molecule has 0 saturated carbocycles. The molecule has 1 rings (SSSR count). The molecule has 0 spiro atoms. The van der Waals surface area contributed by atoms with E-state index in [2.05, 4.69) is 9.97 Å². The van der Waals surface area contributed by atoms with Crippen LogP contribution in [-0.4, -0.2) is 21.6 Å². The molecular formula is C8H13N3O. The Hall–Kier alpha value is -1.00. The van der Waals surface area contributed by atoms with Crippen molar-refractivity contribution in [2.75, 3.05) is 6.54 Å². The van der Waals surface area contributed by atoms with E-state index in [-0.39, 0.29) is 0 Å². The summed E-state index contributed by atoms with van der Waals surface area (Å²) in [7, 11) is 0. The summed E-state index contributed by atoms with van der Waals surface area (Å²) in [5.41, 5.74) is 4.95. The molecule has 12 heavy (non-hydrogen) atoms. The lowest BCUT2D eigenvalue weighted by atomic mass is 9.99. The van der Waals surface area contributed by atoms with Crippen LogP contribution in [0, 0.1) is 0 Å². The first-order chi connectivity index (χ1) is 5.67. The van der Waals surface area contributed by atoms with Crippen LogP contribution in [0.5, 0.6) is 0 Å². The van der Waals surface area contributed by atoms with Crippen molar-refractivity contribution in [2.24, 2.45) is 5.73 Å². The predicted octanol–water partition coefficient (Wildman–Crippen LogP) is 0.0329. The van der Waals surface area contributed by atoms with E-state index in [0.29, 0.717) is 18.7 Å². The lowest BCUT2D eigenvalue weighted by molar-refractivity contribution is 0.0455. The summed E-state index contributed by atoms with van der Waals surface area (Å²) in [5, 5.41) is 9.80. The summed E-state index contributed by atoms with van der Waals surface area (Å²) >= 11 is 0. The zero-order chi connectivity index (χ0) is 9.03. The monoisotopic (exact) mass is 167 g/mol. The van der Waals surface area contributed by atoms with Crippen LogP contribution in [0.2, 0.25) is 0 Å². The van der Waals surface area contributed by atoms with Crippen molar-refractivity contribution in [3.8, 4) is 0 Å². The number of rotatable bonds is 3. The molecule has 0 aliphatic rings. The third-order valence-corrected chi connectivity index (χ3v) is 1.75. The molecule has 1 aromatic heterocycles. The van der Waals surface area contributed by atoms with Gasteiger partial charge in [0.15, 0.2) is 0 Å². The number of nitrogens with two attached hydrogens (primary N) is 1. The minimum Gasteiger partial charge on any atom is -0.384 e. The largest absolute Gasteiger partial charge is 0.384 e. The van der Waals surface area contributed by atoms with Gasteiger partial charge in [0.05, 0.1) is 11.9 Å². The van der Waals surface area contributed by atoms with Crippen molar-refractivity contribution >= 4 is 0 Å². The minimum absolute atomic E-state index is 0.434. The molecule has 0 aromatic carbocycles. The molecule has 1 heterocycles. The molecule has 1 atom stereocenters. The van der Waals surface area contributed by atoms with Crippen molar-refractivity contribution in [1.29, 1.82) is 0 Å². The number of nitrogens with zero attached hydrogens (tertiary/aromatic N) is 2. The SMILES string of the molecule is CC(O)(CCN)c1cnccn1. The fourth-order valence-corrected chi connectivity index (χ4v) is 0.986. The van der Waals surface area contributed by atoms with E-state index < -0.39 is 5.60 Å². The van der Waals surface area contributed by atoms with Crippen LogP contribution in [0.15, 0.2) is 18.6 Å². The minimum atomic E-state index is -0.955. The average molecular weight is 167 g/mol. The highest BCUT2D eigenvalue weighted by Crippen LogP contribution is 2.19. The van der Waals surface area contributed by atoms with Crippen LogP contribution in [0.3, 0.4) is 0 Å². The molecule has 0 aliphatic heterocycles. The van der Waals surface area contributed by atoms with Crippen LogP contribution >= 0.6 is 0 Å². The van der Waals surface area contributed by atoms with Crippen molar-refractivity contribution in [3.63, 3.8) is 0 Å². The van der Waals surface area contributed by atoms with Gasteiger partial charge in [0.2, 0.25) is 0 Å². The molecule has 4 heteroatoms. The summed E-state index contributed by atoms with van der Waals surface area (Å²) in [4.78, 5) is 7.87. The van der Waals surface area contributed by atoms with E-state index in [1.54, 1.807) is 25.5 Å². The highest BCUT2D eigenvalue weighted by atomic mass is 16.3. The van der Waals surface area contributed by atoms with Gasteiger partial charge in [-0.15, -0.1) is 0 Å². The van der Waals surface area contributed by atoms with Gasteiger partial charge in [-0.25, -0.2) is 0 Å². The zero-order valence-electron chi connectivity index (χ0n) is 7.07. The average Bonchev–Trinajstić information content (AvgIpc) is 2.06. The first-order valence-electron chi connectivity index (χ1n) is 3.86. The standard InChI is InChI=1S/C8H13N3O/c1-8(12,2-3-9)7-6-10-4-5-11-7/h4-6,12H,2-3,9H2,1H3. The van der Waals surface area contributed by atoms with Gasteiger partial charge >= 0.3 is 0 Å². The maximum absolute atomic E-state index is 9.80. The quantitative estimate of drug-likeness (QED) is 0.666. The topological polar surface area (TPSA) is 72.0 Å². The maximum Gasteiger partial charge on any atom is 0.106 e. The Balaban J connectivity index is 2.82. The molecule has 0 aliphatic carbocycles. The first-order valence-corrected chi connectivity index (χ1v) is 3.86. The summed E-state index contributed by atoms with van der Waals surface area (Å²) in [6.07, 6.45) is 5.17. The number of aromatic nitrogens is 2. The summed E-state index contributed by atoms with van der Waals surface area (Å²) < 4.78 is 0. The van der Waals surface area contributed by atoms with Crippen LogP contribution in [0.4, 0.5) is 0 Å². The van der Waals surface area contributed by atoms with Crippen LogP contribution in [0.25, 0.3) is 0 Å². The van der Waals surface area contributed by atoms with Crippen molar-refractivity contribution < 1.29 is 5.11 Å². The van der Waals surface area contributed by atoms with Crippen LogP contribution in [-0.2, 0) is 5.60 Å². The van der Waals surface area contributed by atoms with Crippen molar-refractivity contribution in [2.45, 2.75) is 18.9 Å². The Morgan fingerprint density at radius 2 is 2.33 bits per heavy atom. The molecular weight excluding hydrogens is 154 g/mol. The van der Waals surface area contributed by atoms with E-state index in [9.17, 15) is 5.11 Å². The highest BCUT2D eigenvalue weighted by molar-refractivity contribution is 5.05. The van der Waals surface area contributed by atoms with E-state index in [1.165, 1.54) is 0 Å². The van der Waals surface area contributed by atoms with Crippen LogP contribution < -0.4 is 5.73 Å². The van der Waals surface area contributed by atoms with Gasteiger partial charge in [-0.3, -0.25) is 9.97 Å². The van der Waals surface area contributed by atoms with Gasteiger partial charge in [0.25, 0.3) is 0 Å². The second kappa shape index (κ2) is 3.60. The Labute approximate surface area is 71.5 Å². The highest BCUT2D eigenvalue weighted by Gasteiger charge is 2.23.